The molecular formula is C3H10N4O. The van der Waals surface area contributed by atoms with Gasteiger partial charge in [0.05, 0.1) is 6.54 Å². The summed E-state index contributed by atoms with van der Waals surface area (Å²) in [4.78, 5) is 10.2. The summed E-state index contributed by atoms with van der Waals surface area (Å²) in [5.74, 6) is 4.49. The Morgan fingerprint density at radius 3 is 2.75 bits per heavy atom. The lowest BCUT2D eigenvalue weighted by atomic mass is 10.6. The molecule has 0 radical (unpaired) electrons. The van der Waals surface area contributed by atoms with Gasteiger partial charge in [-0.15, -0.1) is 0 Å². The summed E-state index contributed by atoms with van der Waals surface area (Å²) < 4.78 is 0. The van der Waals surface area contributed by atoms with Crippen LogP contribution in [0.2, 0.25) is 0 Å². The van der Waals surface area contributed by atoms with Crippen molar-refractivity contribution >= 4 is 5.91 Å². The molecule has 8 heavy (non-hydrogen) atoms. The summed E-state index contributed by atoms with van der Waals surface area (Å²) in [5, 5.41) is 0. The molecule has 0 aliphatic heterocycles. The van der Waals surface area contributed by atoms with E-state index >= 15 is 0 Å². The predicted molar refractivity (Wildman–Crippen MR) is 29.4 cm³/mol. The van der Waals surface area contributed by atoms with Crippen molar-refractivity contribution in [1.82, 2.24) is 16.3 Å². The molecule has 0 atom stereocenters. The predicted octanol–water partition coefficient (Wildman–Crippen LogP) is -2.30. The first-order valence-electron chi connectivity index (χ1n) is 2.20. The molecule has 0 aromatic heterocycles. The largest absolute Gasteiger partial charge is 0.293 e. The van der Waals surface area contributed by atoms with Crippen LogP contribution in [0.25, 0.3) is 0 Å². The Balaban J connectivity index is 2.99. The van der Waals surface area contributed by atoms with Crippen molar-refractivity contribution < 1.29 is 4.79 Å². The van der Waals surface area contributed by atoms with E-state index in [1.165, 1.54) is 0 Å². The second-order valence-corrected chi connectivity index (χ2v) is 1.17. The first-order valence-corrected chi connectivity index (χ1v) is 2.20. The number of amides is 1. The topological polar surface area (TPSA) is 79.2 Å². The molecule has 48 valence electrons. The highest BCUT2D eigenvalue weighted by Crippen LogP contribution is 1.51. The summed E-state index contributed by atoms with van der Waals surface area (Å²) in [6.45, 7) is 0.188. The molecule has 0 spiro atoms. The fraction of sp³-hybridized carbons (Fsp3) is 0.667. The second kappa shape index (κ2) is 4.51. The van der Waals surface area contributed by atoms with Crippen molar-refractivity contribution in [1.29, 1.82) is 0 Å². The molecule has 5 heteroatoms. The molecule has 0 aliphatic rings. The highest BCUT2D eigenvalue weighted by atomic mass is 16.2. The summed E-state index contributed by atoms with van der Waals surface area (Å²) in [6, 6.07) is 0. The molecule has 0 unspecified atom stereocenters. The van der Waals surface area contributed by atoms with Gasteiger partial charge in [0.15, 0.2) is 0 Å². The van der Waals surface area contributed by atoms with Gasteiger partial charge >= 0.3 is 0 Å². The molecule has 5 nitrogen and oxygen atoms in total. The van der Waals surface area contributed by atoms with Gasteiger partial charge in [0.2, 0.25) is 5.91 Å². The number of carbonyl (C=O) groups excluding carboxylic acids is 1. The number of rotatable bonds is 3. The number of hydrogen-bond acceptors (Lipinski definition) is 4. The number of carbonyl (C=O) groups is 1. The Kier molecular flexibility index (Phi) is 4.14. The highest BCUT2D eigenvalue weighted by Gasteiger charge is 1.91. The summed E-state index contributed by atoms with van der Waals surface area (Å²) in [5.41, 5.74) is 7.08. The summed E-state index contributed by atoms with van der Waals surface area (Å²) >= 11 is 0. The SMILES string of the molecule is CNNCC(=O)NN. The molecule has 0 fully saturated rings. The minimum atomic E-state index is -0.251. The normalized spacial score (nSPS) is 8.75. The molecule has 0 aliphatic carbocycles. The average molecular weight is 118 g/mol. The zero-order valence-corrected chi connectivity index (χ0v) is 4.69. The van der Waals surface area contributed by atoms with Crippen molar-refractivity contribution in [2.45, 2.75) is 0 Å². The van der Waals surface area contributed by atoms with Crippen molar-refractivity contribution in [2.75, 3.05) is 13.6 Å². The van der Waals surface area contributed by atoms with E-state index in [1.807, 2.05) is 5.43 Å². The fourth-order valence-corrected chi connectivity index (χ4v) is 0.220. The van der Waals surface area contributed by atoms with Gasteiger partial charge < -0.3 is 0 Å². The van der Waals surface area contributed by atoms with Crippen LogP contribution in [0.3, 0.4) is 0 Å². The molecule has 1 amide bonds. The quantitative estimate of drug-likeness (QED) is 0.191. The number of nitrogens with one attached hydrogen (secondary N) is 3. The van der Waals surface area contributed by atoms with E-state index in [1.54, 1.807) is 7.05 Å². The van der Waals surface area contributed by atoms with Crippen LogP contribution in [0.4, 0.5) is 0 Å². The van der Waals surface area contributed by atoms with Crippen LogP contribution in [-0.2, 0) is 4.79 Å². The van der Waals surface area contributed by atoms with E-state index in [0.29, 0.717) is 0 Å². The van der Waals surface area contributed by atoms with E-state index in [-0.39, 0.29) is 12.5 Å². The molecule has 0 saturated carbocycles. The van der Waals surface area contributed by atoms with Crippen LogP contribution >= 0.6 is 0 Å². The second-order valence-electron chi connectivity index (χ2n) is 1.17. The molecule has 0 aromatic rings. The van der Waals surface area contributed by atoms with Gasteiger partial charge in [-0.05, 0) is 7.05 Å². The number of hydrazine groups is 2. The van der Waals surface area contributed by atoms with Crippen LogP contribution in [0.15, 0.2) is 0 Å². The summed E-state index contributed by atoms with van der Waals surface area (Å²) in [7, 11) is 1.67. The maximum absolute atomic E-state index is 10.2. The Morgan fingerprint density at radius 1 is 1.75 bits per heavy atom. The summed E-state index contributed by atoms with van der Waals surface area (Å²) in [6.07, 6.45) is 0. The van der Waals surface area contributed by atoms with Gasteiger partial charge in [-0.25, -0.2) is 11.3 Å². The minimum absolute atomic E-state index is 0.188. The Hall–Kier alpha value is -0.650. The first kappa shape index (κ1) is 7.35. The molecular weight excluding hydrogens is 108 g/mol. The van der Waals surface area contributed by atoms with Crippen molar-refractivity contribution in [3.05, 3.63) is 0 Å². The van der Waals surface area contributed by atoms with E-state index in [2.05, 4.69) is 10.9 Å². The van der Waals surface area contributed by atoms with E-state index < -0.39 is 0 Å². The fourth-order valence-electron chi connectivity index (χ4n) is 0.220. The monoisotopic (exact) mass is 118 g/mol. The lowest BCUT2D eigenvalue weighted by Gasteiger charge is -1.98. The van der Waals surface area contributed by atoms with Gasteiger partial charge in [0, 0.05) is 0 Å². The smallest absolute Gasteiger partial charge is 0.249 e. The van der Waals surface area contributed by atoms with Gasteiger partial charge in [-0.2, -0.15) is 0 Å². The van der Waals surface area contributed by atoms with Crippen LogP contribution in [0.1, 0.15) is 0 Å². The van der Waals surface area contributed by atoms with Crippen molar-refractivity contribution in [2.24, 2.45) is 5.84 Å². The maximum Gasteiger partial charge on any atom is 0.249 e. The lowest BCUT2D eigenvalue weighted by Crippen LogP contribution is -2.41. The molecule has 0 heterocycles. The van der Waals surface area contributed by atoms with E-state index in [4.69, 9.17) is 5.84 Å². The van der Waals surface area contributed by atoms with Crippen LogP contribution in [0, 0.1) is 0 Å². The van der Waals surface area contributed by atoms with Crippen LogP contribution in [-0.4, -0.2) is 19.5 Å². The number of hydrogen-bond donors (Lipinski definition) is 4. The van der Waals surface area contributed by atoms with E-state index in [0.717, 1.165) is 0 Å². The Labute approximate surface area is 47.6 Å². The van der Waals surface area contributed by atoms with Gasteiger partial charge in [-0.1, -0.05) is 0 Å². The Bertz CT molecular complexity index is 73.7. The van der Waals surface area contributed by atoms with Gasteiger partial charge in [0.1, 0.15) is 0 Å². The minimum Gasteiger partial charge on any atom is -0.293 e. The standard InChI is InChI=1S/C3H10N4O/c1-5-6-2-3(8)7-4/h5-6H,2,4H2,1H3,(H,7,8). The zero-order valence-electron chi connectivity index (χ0n) is 4.69. The third-order valence-electron chi connectivity index (χ3n) is 0.587. The first-order chi connectivity index (χ1) is 3.81. The molecule has 0 bridgehead atoms. The maximum atomic E-state index is 10.2. The number of nitrogens with two attached hydrogens (primary N) is 1. The van der Waals surface area contributed by atoms with Gasteiger partial charge in [0.25, 0.3) is 0 Å². The van der Waals surface area contributed by atoms with Crippen molar-refractivity contribution in [3.8, 4) is 0 Å². The van der Waals surface area contributed by atoms with Crippen LogP contribution in [0.5, 0.6) is 0 Å². The van der Waals surface area contributed by atoms with Gasteiger partial charge in [-0.3, -0.25) is 15.6 Å². The highest BCUT2D eigenvalue weighted by molar-refractivity contribution is 5.77. The average Bonchev–Trinajstić information content (AvgIpc) is 1.83. The van der Waals surface area contributed by atoms with Crippen LogP contribution < -0.4 is 22.1 Å². The zero-order chi connectivity index (χ0) is 6.41. The van der Waals surface area contributed by atoms with Crippen molar-refractivity contribution in [3.63, 3.8) is 0 Å². The molecule has 5 N–H and O–H groups in total. The third kappa shape index (κ3) is 3.54. The van der Waals surface area contributed by atoms with E-state index in [9.17, 15) is 4.79 Å². The molecule has 0 rings (SSSR count). The molecule has 0 saturated heterocycles. The lowest BCUT2D eigenvalue weighted by molar-refractivity contribution is -0.120. The third-order valence-corrected chi connectivity index (χ3v) is 0.587. The molecule has 0 aromatic carbocycles. The Morgan fingerprint density at radius 2 is 2.38 bits per heavy atom.